The minimum absolute atomic E-state index is 0.0806. The Morgan fingerprint density at radius 1 is 0.267 bits per heavy atom. The van der Waals surface area contributed by atoms with Crippen LogP contribution in [-0.2, 0) is 19.1 Å². The number of aliphatic hydroxyl groups excluding tert-OH is 1. The summed E-state index contributed by atoms with van der Waals surface area (Å²) in [4.78, 5) is 24.7. The predicted molar refractivity (Wildman–Crippen MR) is 379 cm³/mol. The van der Waals surface area contributed by atoms with E-state index in [1.807, 2.05) is 0 Å². The fourth-order valence-corrected chi connectivity index (χ4v) is 9.24. The lowest BCUT2D eigenvalue weighted by Gasteiger charge is -2.15. The minimum atomic E-state index is -0.793. The Morgan fingerprint density at radius 3 is 0.698 bits per heavy atom. The van der Waals surface area contributed by atoms with Gasteiger partial charge in [-0.25, -0.2) is 0 Å². The number of unbranched alkanes of at least 4 members (excludes halogenated alkanes) is 22. The van der Waals surface area contributed by atoms with Gasteiger partial charge in [-0.05, 0) is 141 Å². The van der Waals surface area contributed by atoms with Crippen LogP contribution >= 0.6 is 0 Å². The van der Waals surface area contributed by atoms with Crippen LogP contribution in [0.5, 0.6) is 0 Å². The second-order valence-corrected chi connectivity index (χ2v) is 22.5. The summed E-state index contributed by atoms with van der Waals surface area (Å²) in [6.45, 7) is 3.91. The van der Waals surface area contributed by atoms with E-state index in [0.717, 1.165) is 148 Å². The molecule has 0 aromatic carbocycles. The number of carbonyl (C=O) groups excluding carboxylic acids is 2. The molecule has 0 aromatic rings. The first kappa shape index (κ1) is 80.7. The van der Waals surface area contributed by atoms with Crippen LogP contribution in [0.1, 0.15) is 284 Å². The van der Waals surface area contributed by atoms with E-state index in [0.29, 0.717) is 12.8 Å². The van der Waals surface area contributed by atoms with Crippen LogP contribution in [-0.4, -0.2) is 36.4 Å². The average molecular weight is 1180 g/mol. The van der Waals surface area contributed by atoms with E-state index in [4.69, 9.17) is 9.47 Å². The van der Waals surface area contributed by atoms with E-state index in [9.17, 15) is 14.7 Å². The van der Waals surface area contributed by atoms with Gasteiger partial charge in [0.15, 0.2) is 6.10 Å². The Hall–Kier alpha value is -5.26. The fraction of sp³-hybridized carbons (Fsp3) is 0.580. The molecule has 5 nitrogen and oxygen atoms in total. The molecule has 0 amide bonds. The van der Waals surface area contributed by atoms with Crippen LogP contribution in [0.15, 0.2) is 194 Å². The number of carbonyl (C=O) groups is 2. The molecule has 0 spiro atoms. The summed E-state index contributed by atoms with van der Waals surface area (Å²) in [5.41, 5.74) is 0. The molecule has 0 aliphatic carbocycles. The Labute approximate surface area is 530 Å². The number of rotatable bonds is 62. The molecule has 0 aliphatic heterocycles. The zero-order valence-corrected chi connectivity index (χ0v) is 55.2. The lowest BCUT2D eigenvalue weighted by atomic mass is 10.0. The van der Waals surface area contributed by atoms with Crippen LogP contribution < -0.4 is 0 Å². The first-order chi connectivity index (χ1) is 42.6. The molecule has 0 fully saturated rings. The minimum Gasteiger partial charge on any atom is -0.462 e. The maximum absolute atomic E-state index is 12.4. The van der Waals surface area contributed by atoms with Crippen molar-refractivity contribution < 1.29 is 24.2 Å². The summed E-state index contributed by atoms with van der Waals surface area (Å²) in [7, 11) is 0. The summed E-state index contributed by atoms with van der Waals surface area (Å²) in [5.74, 6) is -0.610. The second kappa shape index (κ2) is 74.0. The van der Waals surface area contributed by atoms with Crippen molar-refractivity contribution in [2.75, 3.05) is 13.2 Å². The van der Waals surface area contributed by atoms with Crippen LogP contribution in [0, 0.1) is 0 Å². The third kappa shape index (κ3) is 71.2. The van der Waals surface area contributed by atoms with Gasteiger partial charge in [0.2, 0.25) is 0 Å². The standard InChI is InChI=1S/C81H128O5/c1-3-5-7-9-11-13-15-17-19-21-23-25-27-29-31-33-35-36-37-38-39-40-41-42-43-44-46-48-50-52-54-56-58-60-62-64-66-68-70-72-74-76-81(84)86-79(77-82)78-85-80(83)75-73-71-69-67-65-63-61-59-57-55-53-51-49-47-45-34-32-30-28-26-24-22-20-18-16-14-12-10-8-6-4-2/h5-8,11-14,17-20,23-26,29-32,35-36,38-39,41-42,44,46,50,52,56,58,79,82H,3-4,9-10,15-16,21-22,27-28,33-34,37,40,43,45,47-49,51,53-55,57,59-78H2,1-2H3/b7-5-,8-6-,13-11-,14-12-,19-17-,20-18-,25-23-,26-24-,31-29-,32-30-,36-35-,39-38-,42-41-,46-44-,52-50-,58-56-. The molecule has 0 saturated heterocycles. The molecule has 0 bridgehead atoms. The molecule has 1 N–H and O–H groups in total. The highest BCUT2D eigenvalue weighted by Gasteiger charge is 2.16. The van der Waals surface area contributed by atoms with E-state index in [-0.39, 0.29) is 25.2 Å². The van der Waals surface area contributed by atoms with Crippen molar-refractivity contribution in [3.63, 3.8) is 0 Å². The molecular weight excluding hydrogens is 1050 g/mol. The van der Waals surface area contributed by atoms with Gasteiger partial charge < -0.3 is 14.6 Å². The highest BCUT2D eigenvalue weighted by molar-refractivity contribution is 5.70. The van der Waals surface area contributed by atoms with Crippen LogP contribution in [0.3, 0.4) is 0 Å². The van der Waals surface area contributed by atoms with E-state index in [1.165, 1.54) is 109 Å². The molecule has 1 unspecified atom stereocenters. The summed E-state index contributed by atoms with van der Waals surface area (Å²) in [6.07, 6.45) is 117. The monoisotopic (exact) mass is 1180 g/mol. The van der Waals surface area contributed by atoms with Gasteiger partial charge in [-0.3, -0.25) is 9.59 Å². The number of aliphatic hydroxyl groups is 1. The Morgan fingerprint density at radius 2 is 0.465 bits per heavy atom. The quantitative estimate of drug-likeness (QED) is 0.0373. The van der Waals surface area contributed by atoms with Crippen molar-refractivity contribution in [3.8, 4) is 0 Å². The van der Waals surface area contributed by atoms with Crippen molar-refractivity contribution in [1.82, 2.24) is 0 Å². The first-order valence-corrected chi connectivity index (χ1v) is 35.0. The van der Waals surface area contributed by atoms with Crippen LogP contribution in [0.25, 0.3) is 0 Å². The average Bonchev–Trinajstić information content (AvgIpc) is 3.54. The summed E-state index contributed by atoms with van der Waals surface area (Å²) >= 11 is 0. The molecule has 482 valence electrons. The smallest absolute Gasteiger partial charge is 0.306 e. The summed E-state index contributed by atoms with van der Waals surface area (Å²) in [6, 6.07) is 0. The third-order valence-corrected chi connectivity index (χ3v) is 14.4. The van der Waals surface area contributed by atoms with E-state index >= 15 is 0 Å². The molecule has 0 heterocycles. The number of esters is 2. The van der Waals surface area contributed by atoms with Gasteiger partial charge in [-0.2, -0.15) is 0 Å². The zero-order valence-electron chi connectivity index (χ0n) is 55.2. The van der Waals surface area contributed by atoms with E-state index in [1.54, 1.807) is 0 Å². The highest BCUT2D eigenvalue weighted by Crippen LogP contribution is 2.16. The van der Waals surface area contributed by atoms with Gasteiger partial charge in [0.25, 0.3) is 0 Å². The maximum Gasteiger partial charge on any atom is 0.306 e. The molecule has 86 heavy (non-hydrogen) atoms. The van der Waals surface area contributed by atoms with Crippen molar-refractivity contribution in [2.24, 2.45) is 0 Å². The topological polar surface area (TPSA) is 72.8 Å². The zero-order chi connectivity index (χ0) is 61.9. The number of hydrogen-bond donors (Lipinski definition) is 1. The third-order valence-electron chi connectivity index (χ3n) is 14.4. The predicted octanol–water partition coefficient (Wildman–Crippen LogP) is 24.8. The molecule has 0 saturated carbocycles. The SMILES string of the molecule is CC/C=C\C/C=C\C/C=C\C/C=C\C/C=C\C/C=C\C/C=C\C/C=C\C/C=C\C/C=C\C/C=C\CCCCCCCCCC(=O)OC(CO)COC(=O)CCCCCCCCCCCCCCCCC/C=C\C/C=C\C/C=C\C/C=C\C/C=C\CC. The van der Waals surface area contributed by atoms with Gasteiger partial charge >= 0.3 is 11.9 Å². The van der Waals surface area contributed by atoms with E-state index in [2.05, 4.69) is 208 Å². The summed E-state index contributed by atoms with van der Waals surface area (Å²) < 4.78 is 10.7. The lowest BCUT2D eigenvalue weighted by Crippen LogP contribution is -2.28. The van der Waals surface area contributed by atoms with E-state index < -0.39 is 6.10 Å². The lowest BCUT2D eigenvalue weighted by molar-refractivity contribution is -0.161. The Bertz CT molecular complexity index is 1970. The molecule has 1 atom stereocenters. The molecule has 0 aliphatic rings. The first-order valence-electron chi connectivity index (χ1n) is 35.0. The number of allylic oxidation sites excluding steroid dienone is 32. The van der Waals surface area contributed by atoms with Crippen LogP contribution in [0.4, 0.5) is 0 Å². The van der Waals surface area contributed by atoms with Gasteiger partial charge in [0, 0.05) is 12.8 Å². The highest BCUT2D eigenvalue weighted by atomic mass is 16.6. The summed E-state index contributed by atoms with van der Waals surface area (Å²) in [5, 5.41) is 9.70. The van der Waals surface area contributed by atoms with Crippen molar-refractivity contribution >= 4 is 11.9 Å². The molecule has 0 aromatic heterocycles. The van der Waals surface area contributed by atoms with Crippen molar-refractivity contribution in [3.05, 3.63) is 194 Å². The van der Waals surface area contributed by atoms with Gasteiger partial charge in [0.1, 0.15) is 6.61 Å². The molecule has 5 heteroatoms. The van der Waals surface area contributed by atoms with Crippen molar-refractivity contribution in [2.45, 2.75) is 290 Å². The maximum atomic E-state index is 12.4. The Kier molecular flexibility index (Phi) is 69.5. The van der Waals surface area contributed by atoms with Gasteiger partial charge in [-0.15, -0.1) is 0 Å². The van der Waals surface area contributed by atoms with Gasteiger partial charge in [-0.1, -0.05) is 324 Å². The molecule has 0 radical (unpaired) electrons. The second-order valence-electron chi connectivity index (χ2n) is 22.5. The normalized spacial score (nSPS) is 13.5. The van der Waals surface area contributed by atoms with Gasteiger partial charge in [0.05, 0.1) is 6.61 Å². The van der Waals surface area contributed by atoms with Crippen LogP contribution in [0.2, 0.25) is 0 Å². The number of ether oxygens (including phenoxy) is 2. The fourth-order valence-electron chi connectivity index (χ4n) is 9.24. The molecule has 0 rings (SSSR count). The largest absolute Gasteiger partial charge is 0.462 e. The van der Waals surface area contributed by atoms with Crippen molar-refractivity contribution in [1.29, 1.82) is 0 Å². The molecular formula is C81H128O5. The Balaban J connectivity index is 3.59. The number of hydrogen-bond acceptors (Lipinski definition) is 5.